The molecule has 2 aromatic rings. The molecular formula is C17H15BrN2O3. The summed E-state index contributed by atoms with van der Waals surface area (Å²) in [5.41, 5.74) is 1.55. The molecule has 6 heteroatoms. The van der Waals surface area contributed by atoms with Crippen LogP contribution in [0.25, 0.3) is 0 Å². The van der Waals surface area contributed by atoms with Crippen LogP contribution >= 0.6 is 15.9 Å². The van der Waals surface area contributed by atoms with Gasteiger partial charge in [-0.1, -0.05) is 6.07 Å². The van der Waals surface area contributed by atoms with Crippen LogP contribution in [-0.4, -0.2) is 26.2 Å². The monoisotopic (exact) mass is 374 g/mol. The molecule has 0 aromatic heterocycles. The number of benzene rings is 2. The van der Waals surface area contributed by atoms with Gasteiger partial charge in [0.05, 0.1) is 22.7 Å². The summed E-state index contributed by atoms with van der Waals surface area (Å²) in [7, 11) is 1.60. The van der Waals surface area contributed by atoms with Gasteiger partial charge in [-0.05, 0) is 52.3 Å². The highest BCUT2D eigenvalue weighted by Crippen LogP contribution is 2.26. The number of nitrogens with one attached hydrogen (secondary N) is 1. The lowest BCUT2D eigenvalue weighted by Crippen LogP contribution is -2.12. The largest absolute Gasteiger partial charge is 0.490 e. The number of amides is 1. The van der Waals surface area contributed by atoms with E-state index in [2.05, 4.69) is 21.2 Å². The Labute approximate surface area is 143 Å². The molecule has 0 saturated heterocycles. The van der Waals surface area contributed by atoms with E-state index in [0.29, 0.717) is 40.3 Å². The molecule has 1 N–H and O–H groups in total. The molecule has 0 heterocycles. The van der Waals surface area contributed by atoms with Crippen LogP contribution in [0.2, 0.25) is 0 Å². The second-order valence-corrected chi connectivity index (χ2v) is 5.49. The van der Waals surface area contributed by atoms with E-state index >= 15 is 0 Å². The topological polar surface area (TPSA) is 71.3 Å². The van der Waals surface area contributed by atoms with Gasteiger partial charge >= 0.3 is 0 Å². The van der Waals surface area contributed by atoms with Crippen LogP contribution in [0.5, 0.6) is 5.75 Å². The van der Waals surface area contributed by atoms with Crippen LogP contribution in [0.15, 0.2) is 46.9 Å². The summed E-state index contributed by atoms with van der Waals surface area (Å²) in [4.78, 5) is 12.3. The summed E-state index contributed by atoms with van der Waals surface area (Å²) in [6.07, 6.45) is 0. The Balaban J connectivity index is 2.07. The van der Waals surface area contributed by atoms with Crippen LogP contribution in [0.3, 0.4) is 0 Å². The van der Waals surface area contributed by atoms with Gasteiger partial charge in [0.1, 0.15) is 12.4 Å². The quantitative estimate of drug-likeness (QED) is 0.784. The third-order valence-corrected chi connectivity index (χ3v) is 3.61. The molecule has 5 nitrogen and oxygen atoms in total. The number of carbonyl (C=O) groups is 1. The number of nitrogens with zero attached hydrogens (tertiary/aromatic N) is 1. The van der Waals surface area contributed by atoms with Crippen molar-refractivity contribution in [2.75, 3.05) is 25.6 Å². The number of ether oxygens (including phenoxy) is 2. The molecule has 0 aliphatic heterocycles. The van der Waals surface area contributed by atoms with Crippen LogP contribution in [0.1, 0.15) is 15.9 Å². The highest BCUT2D eigenvalue weighted by molar-refractivity contribution is 9.10. The maximum absolute atomic E-state index is 12.3. The molecule has 1 amide bonds. The highest BCUT2D eigenvalue weighted by atomic mass is 79.9. The highest BCUT2D eigenvalue weighted by Gasteiger charge is 2.10. The number of anilines is 1. The Morgan fingerprint density at radius 1 is 1.26 bits per heavy atom. The van der Waals surface area contributed by atoms with E-state index in [1.165, 1.54) is 0 Å². The van der Waals surface area contributed by atoms with Crippen molar-refractivity contribution in [3.05, 3.63) is 58.1 Å². The van der Waals surface area contributed by atoms with E-state index in [4.69, 9.17) is 14.7 Å². The van der Waals surface area contributed by atoms with Crippen LogP contribution in [0.4, 0.5) is 5.69 Å². The fraction of sp³-hybridized carbons (Fsp3) is 0.176. The van der Waals surface area contributed by atoms with Gasteiger partial charge in [0, 0.05) is 18.4 Å². The fourth-order valence-electron chi connectivity index (χ4n) is 1.86. The average Bonchev–Trinajstić information content (AvgIpc) is 2.56. The van der Waals surface area contributed by atoms with Crippen molar-refractivity contribution < 1.29 is 14.3 Å². The second kappa shape index (κ2) is 8.32. The Kier molecular flexibility index (Phi) is 6.15. The summed E-state index contributed by atoms with van der Waals surface area (Å²) >= 11 is 3.39. The van der Waals surface area contributed by atoms with Crippen molar-refractivity contribution in [2.45, 2.75) is 0 Å². The van der Waals surface area contributed by atoms with Gasteiger partial charge < -0.3 is 14.8 Å². The zero-order valence-electron chi connectivity index (χ0n) is 12.5. The van der Waals surface area contributed by atoms with Crippen molar-refractivity contribution in [1.82, 2.24) is 0 Å². The smallest absolute Gasteiger partial charge is 0.255 e. The summed E-state index contributed by atoms with van der Waals surface area (Å²) < 4.78 is 11.1. The zero-order valence-corrected chi connectivity index (χ0v) is 14.1. The first kappa shape index (κ1) is 17.0. The first-order valence-electron chi connectivity index (χ1n) is 6.87. The third kappa shape index (κ3) is 4.81. The maximum atomic E-state index is 12.3. The van der Waals surface area contributed by atoms with Gasteiger partial charge in [-0.15, -0.1) is 0 Å². The van der Waals surface area contributed by atoms with E-state index in [1.807, 2.05) is 6.07 Å². The van der Waals surface area contributed by atoms with Crippen LogP contribution in [-0.2, 0) is 4.74 Å². The lowest BCUT2D eigenvalue weighted by atomic mass is 10.2. The minimum absolute atomic E-state index is 0.260. The molecule has 0 aliphatic carbocycles. The van der Waals surface area contributed by atoms with E-state index in [-0.39, 0.29) is 5.91 Å². The van der Waals surface area contributed by atoms with E-state index < -0.39 is 0 Å². The summed E-state index contributed by atoms with van der Waals surface area (Å²) in [6.45, 7) is 0.922. The lowest BCUT2D eigenvalue weighted by molar-refractivity contribution is 0.102. The van der Waals surface area contributed by atoms with E-state index in [9.17, 15) is 4.79 Å². The molecule has 23 heavy (non-hydrogen) atoms. The number of nitriles is 1. The summed E-state index contributed by atoms with van der Waals surface area (Å²) in [5.74, 6) is 0.384. The zero-order chi connectivity index (χ0) is 16.7. The molecule has 118 valence electrons. The molecule has 0 spiro atoms. The van der Waals surface area contributed by atoms with Crippen molar-refractivity contribution in [3.63, 3.8) is 0 Å². The molecule has 0 bridgehead atoms. The second-order valence-electron chi connectivity index (χ2n) is 4.63. The number of halogens is 1. The SMILES string of the molecule is COCCOc1ccc(C(=O)Nc2cccc(C#N)c2)cc1Br. The Bertz CT molecular complexity index is 741. The van der Waals surface area contributed by atoms with Crippen LogP contribution < -0.4 is 10.1 Å². The summed E-state index contributed by atoms with van der Waals surface area (Å²) in [5, 5.41) is 11.6. The first-order valence-corrected chi connectivity index (χ1v) is 7.66. The Morgan fingerprint density at radius 3 is 2.78 bits per heavy atom. The maximum Gasteiger partial charge on any atom is 0.255 e. The lowest BCUT2D eigenvalue weighted by Gasteiger charge is -2.10. The minimum Gasteiger partial charge on any atom is -0.490 e. The predicted molar refractivity (Wildman–Crippen MR) is 90.6 cm³/mol. The minimum atomic E-state index is -0.260. The molecule has 2 aromatic carbocycles. The van der Waals surface area contributed by atoms with Crippen molar-refractivity contribution in [3.8, 4) is 11.8 Å². The number of hydrogen-bond donors (Lipinski definition) is 1. The van der Waals surface area contributed by atoms with Gasteiger partial charge in [-0.25, -0.2) is 0 Å². The molecule has 0 radical (unpaired) electrons. The molecule has 0 saturated carbocycles. The molecule has 0 unspecified atom stereocenters. The van der Waals surface area contributed by atoms with E-state index in [1.54, 1.807) is 49.6 Å². The molecular weight excluding hydrogens is 360 g/mol. The molecule has 2 rings (SSSR count). The van der Waals surface area contributed by atoms with Gasteiger partial charge in [-0.2, -0.15) is 5.26 Å². The van der Waals surface area contributed by atoms with Gasteiger partial charge in [0.2, 0.25) is 0 Å². The Hall–Kier alpha value is -2.36. The van der Waals surface area contributed by atoms with Crippen molar-refractivity contribution in [2.24, 2.45) is 0 Å². The number of hydrogen-bond acceptors (Lipinski definition) is 4. The third-order valence-electron chi connectivity index (χ3n) is 2.99. The van der Waals surface area contributed by atoms with E-state index in [0.717, 1.165) is 0 Å². The van der Waals surface area contributed by atoms with Gasteiger partial charge in [-0.3, -0.25) is 4.79 Å². The van der Waals surface area contributed by atoms with Crippen LogP contribution in [0, 0.1) is 11.3 Å². The normalized spacial score (nSPS) is 9.96. The van der Waals surface area contributed by atoms with Crippen molar-refractivity contribution in [1.29, 1.82) is 5.26 Å². The average molecular weight is 375 g/mol. The number of carbonyl (C=O) groups excluding carboxylic acids is 1. The predicted octanol–water partition coefficient (Wildman–Crippen LogP) is 3.60. The number of rotatable bonds is 6. The fourth-order valence-corrected chi connectivity index (χ4v) is 2.36. The molecule has 0 aliphatic rings. The van der Waals surface area contributed by atoms with Crippen molar-refractivity contribution >= 4 is 27.5 Å². The number of methoxy groups -OCH3 is 1. The summed E-state index contributed by atoms with van der Waals surface area (Å²) in [6, 6.07) is 13.9. The molecule has 0 atom stereocenters. The standard InChI is InChI=1S/C17H15BrN2O3/c1-22-7-8-23-16-6-5-13(10-15(16)18)17(21)20-14-4-2-3-12(9-14)11-19/h2-6,9-10H,7-8H2,1H3,(H,20,21). The Morgan fingerprint density at radius 2 is 2.09 bits per heavy atom. The van der Waals surface area contributed by atoms with Gasteiger partial charge in [0.25, 0.3) is 5.91 Å². The molecule has 0 fully saturated rings. The van der Waals surface area contributed by atoms with Gasteiger partial charge in [0.15, 0.2) is 0 Å². The first-order chi connectivity index (χ1) is 11.1.